The van der Waals surface area contributed by atoms with E-state index in [0.29, 0.717) is 12.2 Å². The molecule has 1 unspecified atom stereocenters. The maximum atomic E-state index is 13.2. The molecule has 0 fully saturated rings. The van der Waals surface area contributed by atoms with Crippen molar-refractivity contribution < 1.29 is 9.18 Å². The van der Waals surface area contributed by atoms with Gasteiger partial charge in [0, 0.05) is 17.5 Å². The Morgan fingerprint density at radius 3 is 2.74 bits per heavy atom. The van der Waals surface area contributed by atoms with Crippen LogP contribution < -0.4 is 5.56 Å². The van der Waals surface area contributed by atoms with Crippen LogP contribution in [0.4, 0.5) is 4.39 Å². The largest absolute Gasteiger partial charge is 0.330 e. The highest BCUT2D eigenvalue weighted by molar-refractivity contribution is 7.10. The molecule has 1 atom stereocenters. The number of carbonyl (C=O) groups is 1. The minimum atomic E-state index is -0.398. The average molecular weight is 383 g/mol. The lowest BCUT2D eigenvalue weighted by Crippen LogP contribution is -2.40. The number of hydrogen-bond donors (Lipinski definition) is 0. The first-order chi connectivity index (χ1) is 13.1. The second-order valence-electron chi connectivity index (χ2n) is 6.42. The molecular formula is C20H18FN3O2S. The highest BCUT2D eigenvalue weighted by atomic mass is 32.1. The molecule has 0 aliphatic carbocycles. The second-order valence-corrected chi connectivity index (χ2v) is 7.42. The van der Waals surface area contributed by atoms with Crippen molar-refractivity contribution in [3.63, 3.8) is 0 Å². The van der Waals surface area contributed by atoms with E-state index in [-0.39, 0.29) is 23.2 Å². The fourth-order valence-corrected chi connectivity index (χ4v) is 4.45. The van der Waals surface area contributed by atoms with Gasteiger partial charge >= 0.3 is 0 Å². The maximum Gasteiger partial charge on any atom is 0.274 e. The van der Waals surface area contributed by atoms with Crippen molar-refractivity contribution in [2.45, 2.75) is 25.8 Å². The van der Waals surface area contributed by atoms with Crippen molar-refractivity contribution in [2.75, 3.05) is 6.54 Å². The van der Waals surface area contributed by atoms with Crippen molar-refractivity contribution in [1.29, 1.82) is 0 Å². The van der Waals surface area contributed by atoms with Crippen molar-refractivity contribution >= 4 is 17.2 Å². The van der Waals surface area contributed by atoms with E-state index in [1.807, 2.05) is 4.90 Å². The van der Waals surface area contributed by atoms with Crippen molar-refractivity contribution in [3.05, 3.63) is 80.2 Å². The van der Waals surface area contributed by atoms with Crippen molar-refractivity contribution in [2.24, 2.45) is 0 Å². The second kappa shape index (κ2) is 7.08. The summed E-state index contributed by atoms with van der Waals surface area (Å²) < 4.78 is 14.3. The van der Waals surface area contributed by atoms with Crippen LogP contribution in [0.1, 0.15) is 40.3 Å². The van der Waals surface area contributed by atoms with Crippen molar-refractivity contribution in [3.8, 4) is 5.69 Å². The van der Waals surface area contributed by atoms with Crippen LogP contribution in [0, 0.1) is 5.82 Å². The molecule has 27 heavy (non-hydrogen) atoms. The highest BCUT2D eigenvalue weighted by Gasteiger charge is 2.31. The van der Waals surface area contributed by atoms with E-state index in [9.17, 15) is 14.0 Å². The van der Waals surface area contributed by atoms with Crippen LogP contribution in [0.5, 0.6) is 0 Å². The molecule has 0 radical (unpaired) electrons. The normalized spacial score (nSPS) is 16.2. The van der Waals surface area contributed by atoms with Gasteiger partial charge in [0.2, 0.25) is 0 Å². The van der Waals surface area contributed by atoms with E-state index in [0.717, 1.165) is 17.5 Å². The summed E-state index contributed by atoms with van der Waals surface area (Å²) in [5.74, 6) is -0.598. The summed E-state index contributed by atoms with van der Waals surface area (Å²) in [4.78, 5) is 28.5. The van der Waals surface area contributed by atoms with Gasteiger partial charge in [0.25, 0.3) is 11.5 Å². The summed E-state index contributed by atoms with van der Waals surface area (Å²) in [7, 11) is 0. The molecule has 0 bridgehead atoms. The first kappa shape index (κ1) is 17.6. The number of halogens is 1. The number of nitrogens with zero attached hydrogens (tertiary/aromatic N) is 3. The molecule has 1 amide bonds. The SMILES string of the molecule is CCC1c2ccsc2CCN1C(=O)c1ccc(=O)n(-c2ccc(F)cc2)n1. The van der Waals surface area contributed by atoms with Crippen LogP contribution in [-0.2, 0) is 6.42 Å². The zero-order valence-electron chi connectivity index (χ0n) is 14.8. The Kier molecular flexibility index (Phi) is 4.61. The molecule has 3 heterocycles. The quantitative estimate of drug-likeness (QED) is 0.695. The van der Waals surface area contributed by atoms with Crippen LogP contribution in [0.15, 0.2) is 52.6 Å². The van der Waals surface area contributed by atoms with Crippen LogP contribution in [0.25, 0.3) is 5.69 Å². The zero-order chi connectivity index (χ0) is 19.0. The van der Waals surface area contributed by atoms with Crippen LogP contribution in [-0.4, -0.2) is 27.1 Å². The molecule has 1 aliphatic heterocycles. The van der Waals surface area contributed by atoms with Gasteiger partial charge in [-0.05, 0) is 60.2 Å². The summed E-state index contributed by atoms with van der Waals surface area (Å²) >= 11 is 1.73. The fraction of sp³-hybridized carbons (Fsp3) is 0.250. The number of amides is 1. The van der Waals surface area contributed by atoms with Crippen LogP contribution in [0.2, 0.25) is 0 Å². The molecular weight excluding hydrogens is 365 g/mol. The molecule has 1 aliphatic rings. The van der Waals surface area contributed by atoms with Crippen molar-refractivity contribution in [1.82, 2.24) is 14.7 Å². The molecule has 7 heteroatoms. The number of thiophene rings is 1. The van der Waals surface area contributed by atoms with Gasteiger partial charge in [-0.3, -0.25) is 9.59 Å². The summed E-state index contributed by atoms with van der Waals surface area (Å²) in [5.41, 5.74) is 1.45. The Labute approximate surface area is 159 Å². The first-order valence-corrected chi connectivity index (χ1v) is 9.70. The molecule has 0 N–H and O–H groups in total. The Bertz CT molecular complexity index is 1040. The summed E-state index contributed by atoms with van der Waals surface area (Å²) in [6, 6.07) is 10.3. The number of fused-ring (bicyclic) bond motifs is 1. The van der Waals surface area contributed by atoms with E-state index >= 15 is 0 Å². The third kappa shape index (κ3) is 3.19. The van der Waals surface area contributed by atoms with Gasteiger partial charge in [-0.2, -0.15) is 9.78 Å². The molecule has 1 aromatic carbocycles. The Morgan fingerprint density at radius 1 is 1.22 bits per heavy atom. The number of carbonyl (C=O) groups excluding carboxylic acids is 1. The van der Waals surface area contributed by atoms with E-state index in [4.69, 9.17) is 0 Å². The minimum Gasteiger partial charge on any atom is -0.330 e. The van der Waals surface area contributed by atoms with Gasteiger partial charge in [-0.25, -0.2) is 4.39 Å². The zero-order valence-corrected chi connectivity index (χ0v) is 15.6. The summed E-state index contributed by atoms with van der Waals surface area (Å²) in [6.45, 7) is 2.69. The summed E-state index contributed by atoms with van der Waals surface area (Å²) in [5, 5.41) is 6.32. The lowest BCUT2D eigenvalue weighted by Gasteiger charge is -2.35. The van der Waals surface area contributed by atoms with E-state index in [1.165, 1.54) is 46.8 Å². The van der Waals surface area contributed by atoms with Gasteiger partial charge in [0.1, 0.15) is 11.5 Å². The predicted molar refractivity (Wildman–Crippen MR) is 102 cm³/mol. The first-order valence-electron chi connectivity index (χ1n) is 8.82. The third-order valence-corrected chi connectivity index (χ3v) is 5.83. The van der Waals surface area contributed by atoms with Gasteiger partial charge in [-0.1, -0.05) is 6.92 Å². The molecule has 0 saturated heterocycles. The molecule has 3 aromatic rings. The Hall–Kier alpha value is -2.80. The standard InChI is InChI=1S/C20H18FN3O2S/c1-2-17-15-10-12-27-18(15)9-11-23(17)20(26)16-7-8-19(25)24(22-16)14-5-3-13(21)4-6-14/h3-8,10,12,17H,2,9,11H2,1H3. The lowest BCUT2D eigenvalue weighted by atomic mass is 9.97. The molecule has 2 aromatic heterocycles. The average Bonchev–Trinajstić information content (AvgIpc) is 3.16. The number of aromatic nitrogens is 2. The minimum absolute atomic E-state index is 0.0144. The highest BCUT2D eigenvalue weighted by Crippen LogP contribution is 2.35. The predicted octanol–water partition coefficient (Wildman–Crippen LogP) is 3.58. The van der Waals surface area contributed by atoms with Crippen LogP contribution >= 0.6 is 11.3 Å². The lowest BCUT2D eigenvalue weighted by molar-refractivity contribution is 0.0649. The van der Waals surface area contributed by atoms with E-state index < -0.39 is 5.82 Å². The van der Waals surface area contributed by atoms with Gasteiger partial charge < -0.3 is 4.90 Å². The van der Waals surface area contributed by atoms with Gasteiger partial charge in [0.15, 0.2) is 0 Å². The third-order valence-electron chi connectivity index (χ3n) is 4.83. The number of benzene rings is 1. The Balaban J connectivity index is 1.69. The fourth-order valence-electron chi connectivity index (χ4n) is 3.52. The Morgan fingerprint density at radius 2 is 2.00 bits per heavy atom. The topological polar surface area (TPSA) is 55.2 Å². The van der Waals surface area contributed by atoms with E-state index in [2.05, 4.69) is 23.5 Å². The van der Waals surface area contributed by atoms with Crippen LogP contribution in [0.3, 0.4) is 0 Å². The smallest absolute Gasteiger partial charge is 0.274 e. The van der Waals surface area contributed by atoms with E-state index in [1.54, 1.807) is 11.3 Å². The number of hydrogen-bond acceptors (Lipinski definition) is 4. The maximum absolute atomic E-state index is 13.2. The molecule has 0 spiro atoms. The number of rotatable bonds is 3. The molecule has 4 rings (SSSR count). The molecule has 138 valence electrons. The van der Waals surface area contributed by atoms with Gasteiger partial charge in [-0.15, -0.1) is 11.3 Å². The summed E-state index contributed by atoms with van der Waals surface area (Å²) in [6.07, 6.45) is 1.64. The molecule has 0 saturated carbocycles. The monoisotopic (exact) mass is 383 g/mol. The van der Waals surface area contributed by atoms with Gasteiger partial charge in [0.05, 0.1) is 11.7 Å². The molecule has 5 nitrogen and oxygen atoms in total.